The molecule has 0 spiro atoms. The molecule has 0 saturated heterocycles. The SMILES string of the molecule is CCCCCCCc1ncc(-c2ccc(CCC3CCC(CCC)CC3)cc2)c(F)n1. The molecule has 2 nitrogen and oxygen atoms in total. The lowest BCUT2D eigenvalue weighted by Crippen LogP contribution is -2.15. The van der Waals surface area contributed by atoms with Gasteiger partial charge in [0, 0.05) is 12.6 Å². The van der Waals surface area contributed by atoms with Gasteiger partial charge < -0.3 is 0 Å². The Morgan fingerprint density at radius 2 is 1.48 bits per heavy atom. The number of aromatic nitrogens is 2. The summed E-state index contributed by atoms with van der Waals surface area (Å²) in [5, 5.41) is 0. The molecule has 0 aliphatic heterocycles. The Morgan fingerprint density at radius 3 is 2.13 bits per heavy atom. The summed E-state index contributed by atoms with van der Waals surface area (Å²) in [7, 11) is 0. The van der Waals surface area contributed by atoms with Crippen LogP contribution in [0.3, 0.4) is 0 Å². The molecule has 0 N–H and O–H groups in total. The van der Waals surface area contributed by atoms with E-state index in [0.717, 1.165) is 36.7 Å². The minimum Gasteiger partial charge on any atom is -0.241 e. The van der Waals surface area contributed by atoms with Gasteiger partial charge in [-0.3, -0.25) is 0 Å². The van der Waals surface area contributed by atoms with Crippen molar-refractivity contribution in [2.45, 2.75) is 104 Å². The number of rotatable bonds is 12. The molecule has 0 radical (unpaired) electrons. The second-order valence-electron chi connectivity index (χ2n) is 9.57. The molecule has 170 valence electrons. The van der Waals surface area contributed by atoms with Crippen LogP contribution in [-0.4, -0.2) is 9.97 Å². The molecule has 1 heterocycles. The van der Waals surface area contributed by atoms with Crippen LogP contribution in [0, 0.1) is 17.8 Å². The van der Waals surface area contributed by atoms with Crippen LogP contribution in [0.4, 0.5) is 4.39 Å². The van der Waals surface area contributed by atoms with E-state index in [2.05, 4.69) is 35.9 Å². The van der Waals surface area contributed by atoms with Crippen molar-refractivity contribution in [3.63, 3.8) is 0 Å². The second kappa shape index (κ2) is 12.9. The summed E-state index contributed by atoms with van der Waals surface area (Å²) in [6.07, 6.45) is 19.2. The van der Waals surface area contributed by atoms with Crippen LogP contribution in [0.5, 0.6) is 0 Å². The molecule has 31 heavy (non-hydrogen) atoms. The molecular formula is C28H41FN2. The first-order chi connectivity index (χ1) is 15.2. The van der Waals surface area contributed by atoms with Gasteiger partial charge in [0.15, 0.2) is 0 Å². The summed E-state index contributed by atoms with van der Waals surface area (Å²) in [5.74, 6) is 2.09. The van der Waals surface area contributed by atoms with Gasteiger partial charge in [-0.1, -0.05) is 102 Å². The van der Waals surface area contributed by atoms with Gasteiger partial charge in [-0.05, 0) is 42.2 Å². The zero-order chi connectivity index (χ0) is 21.9. The Bertz CT molecular complexity index is 763. The van der Waals surface area contributed by atoms with Gasteiger partial charge in [0.05, 0.1) is 5.56 Å². The van der Waals surface area contributed by atoms with Crippen molar-refractivity contribution in [2.75, 3.05) is 0 Å². The molecule has 1 aliphatic rings. The van der Waals surface area contributed by atoms with Crippen LogP contribution in [0.25, 0.3) is 11.1 Å². The van der Waals surface area contributed by atoms with Gasteiger partial charge in [-0.25, -0.2) is 9.97 Å². The lowest BCUT2D eigenvalue weighted by atomic mass is 9.78. The Morgan fingerprint density at radius 1 is 0.806 bits per heavy atom. The highest BCUT2D eigenvalue weighted by molar-refractivity contribution is 5.62. The van der Waals surface area contributed by atoms with Gasteiger partial charge in [0.1, 0.15) is 5.82 Å². The van der Waals surface area contributed by atoms with E-state index in [-0.39, 0.29) is 0 Å². The average Bonchev–Trinajstić information content (AvgIpc) is 2.79. The van der Waals surface area contributed by atoms with Crippen molar-refractivity contribution in [1.29, 1.82) is 0 Å². The highest BCUT2D eigenvalue weighted by Gasteiger charge is 2.20. The molecule has 3 heteroatoms. The molecule has 1 aromatic carbocycles. The monoisotopic (exact) mass is 424 g/mol. The van der Waals surface area contributed by atoms with E-state index in [4.69, 9.17) is 0 Å². The third kappa shape index (κ3) is 7.70. The zero-order valence-corrected chi connectivity index (χ0v) is 19.7. The van der Waals surface area contributed by atoms with E-state index < -0.39 is 5.95 Å². The molecule has 1 saturated carbocycles. The minimum absolute atomic E-state index is 0.393. The van der Waals surface area contributed by atoms with Crippen molar-refractivity contribution in [1.82, 2.24) is 9.97 Å². The molecule has 0 unspecified atom stereocenters. The number of aryl methyl sites for hydroxylation is 2. The Balaban J connectivity index is 1.47. The summed E-state index contributed by atoms with van der Waals surface area (Å²) in [6, 6.07) is 8.36. The summed E-state index contributed by atoms with van der Waals surface area (Å²) in [6.45, 7) is 4.51. The summed E-state index contributed by atoms with van der Waals surface area (Å²) in [5.41, 5.74) is 2.73. The predicted molar refractivity (Wildman–Crippen MR) is 129 cm³/mol. The van der Waals surface area contributed by atoms with Crippen LogP contribution < -0.4 is 0 Å². The number of halogens is 1. The van der Waals surface area contributed by atoms with Gasteiger partial charge in [0.25, 0.3) is 0 Å². The smallest absolute Gasteiger partial charge is 0.224 e. The standard InChI is InChI=1S/C28H41FN2/c1-3-5-6-7-8-10-27-30-21-26(28(29)31-27)25-19-17-24(18-20-25)16-15-23-13-11-22(9-4-2)12-14-23/h17-23H,3-16H2,1-2H3. The molecule has 2 aromatic rings. The quantitative estimate of drug-likeness (QED) is 0.253. The van der Waals surface area contributed by atoms with Crippen LogP contribution in [0.1, 0.15) is 102 Å². The number of nitrogens with zero attached hydrogens (tertiary/aromatic N) is 2. The molecule has 0 atom stereocenters. The molecule has 1 aromatic heterocycles. The third-order valence-electron chi connectivity index (χ3n) is 7.07. The fourth-order valence-corrected chi connectivity index (χ4v) is 5.03. The van der Waals surface area contributed by atoms with Crippen LogP contribution in [0.15, 0.2) is 30.5 Å². The van der Waals surface area contributed by atoms with Crippen molar-refractivity contribution in [3.05, 3.63) is 47.8 Å². The number of hydrogen-bond acceptors (Lipinski definition) is 2. The van der Waals surface area contributed by atoms with E-state index in [1.807, 2.05) is 12.1 Å². The van der Waals surface area contributed by atoms with Crippen molar-refractivity contribution in [2.24, 2.45) is 11.8 Å². The van der Waals surface area contributed by atoms with Crippen LogP contribution in [-0.2, 0) is 12.8 Å². The Labute approximate surface area is 189 Å². The van der Waals surface area contributed by atoms with Gasteiger partial charge in [0.2, 0.25) is 5.95 Å². The average molecular weight is 425 g/mol. The molecule has 0 amide bonds. The predicted octanol–water partition coefficient (Wildman–Crippen LogP) is 8.33. The van der Waals surface area contributed by atoms with E-state index in [1.54, 1.807) is 6.20 Å². The molecular weight excluding hydrogens is 383 g/mol. The first-order valence-corrected chi connectivity index (χ1v) is 12.8. The van der Waals surface area contributed by atoms with Crippen molar-refractivity contribution >= 4 is 0 Å². The van der Waals surface area contributed by atoms with Gasteiger partial charge >= 0.3 is 0 Å². The summed E-state index contributed by atoms with van der Waals surface area (Å²) < 4.78 is 14.6. The lowest BCUT2D eigenvalue weighted by Gasteiger charge is -2.28. The maximum Gasteiger partial charge on any atom is 0.224 e. The molecule has 1 aliphatic carbocycles. The maximum absolute atomic E-state index is 14.6. The van der Waals surface area contributed by atoms with Gasteiger partial charge in [-0.2, -0.15) is 4.39 Å². The molecule has 1 fully saturated rings. The number of hydrogen-bond donors (Lipinski definition) is 0. The molecule has 0 bridgehead atoms. The normalized spacial score (nSPS) is 18.9. The fourth-order valence-electron chi connectivity index (χ4n) is 5.03. The molecule has 3 rings (SSSR count). The highest BCUT2D eigenvalue weighted by Crippen LogP contribution is 2.34. The first-order valence-electron chi connectivity index (χ1n) is 12.8. The minimum atomic E-state index is -0.393. The van der Waals surface area contributed by atoms with Gasteiger partial charge in [-0.15, -0.1) is 0 Å². The van der Waals surface area contributed by atoms with Crippen molar-refractivity contribution in [3.8, 4) is 11.1 Å². The second-order valence-corrected chi connectivity index (χ2v) is 9.57. The Kier molecular flexibility index (Phi) is 9.96. The zero-order valence-electron chi connectivity index (χ0n) is 19.7. The maximum atomic E-state index is 14.6. The number of unbranched alkanes of at least 4 members (excludes halogenated alkanes) is 4. The fraction of sp³-hybridized carbons (Fsp3) is 0.643. The lowest BCUT2D eigenvalue weighted by molar-refractivity contribution is 0.252. The third-order valence-corrected chi connectivity index (χ3v) is 7.07. The summed E-state index contributed by atoms with van der Waals surface area (Å²) >= 11 is 0. The van der Waals surface area contributed by atoms with E-state index in [0.29, 0.717) is 11.4 Å². The van der Waals surface area contributed by atoms with E-state index in [9.17, 15) is 4.39 Å². The topological polar surface area (TPSA) is 25.8 Å². The highest BCUT2D eigenvalue weighted by atomic mass is 19.1. The Hall–Kier alpha value is -1.77. The van der Waals surface area contributed by atoms with E-state index >= 15 is 0 Å². The first kappa shape index (κ1) is 23.9. The largest absolute Gasteiger partial charge is 0.241 e. The van der Waals surface area contributed by atoms with E-state index in [1.165, 1.54) is 76.2 Å². The number of benzene rings is 1. The van der Waals surface area contributed by atoms with Crippen LogP contribution >= 0.6 is 0 Å². The van der Waals surface area contributed by atoms with Crippen molar-refractivity contribution < 1.29 is 4.39 Å². The van der Waals surface area contributed by atoms with Crippen LogP contribution in [0.2, 0.25) is 0 Å². The summed E-state index contributed by atoms with van der Waals surface area (Å²) in [4.78, 5) is 8.55.